The lowest BCUT2D eigenvalue weighted by Crippen LogP contribution is -2.34. The number of aromatic nitrogens is 2. The van der Waals surface area contributed by atoms with Crippen molar-refractivity contribution >= 4 is 34.9 Å². The van der Waals surface area contributed by atoms with E-state index in [0.717, 1.165) is 24.0 Å². The van der Waals surface area contributed by atoms with Crippen LogP contribution in [0.1, 0.15) is 30.3 Å². The minimum absolute atomic E-state index is 0.262. The Balaban J connectivity index is 1.52. The van der Waals surface area contributed by atoms with Crippen molar-refractivity contribution in [1.82, 2.24) is 15.0 Å². The van der Waals surface area contributed by atoms with Gasteiger partial charge in [0.15, 0.2) is 0 Å². The Bertz CT molecular complexity index is 1000. The lowest BCUT2D eigenvalue weighted by atomic mass is 10.1. The molecular formula is C20H18Cl2N4O2. The number of likely N-dealkylation sites (tertiary alicyclic amines) is 1. The average molecular weight is 417 g/mol. The topological polar surface area (TPSA) is 71.3 Å². The molecule has 1 N–H and O–H groups in total. The Labute approximate surface area is 172 Å². The molecule has 2 heterocycles. The number of carbonyl (C=O) groups is 1. The van der Waals surface area contributed by atoms with Crippen molar-refractivity contribution in [2.24, 2.45) is 0 Å². The maximum Gasteiger partial charge on any atom is 0.322 e. The molecule has 1 atom stereocenters. The van der Waals surface area contributed by atoms with Crippen LogP contribution in [0.4, 0.5) is 10.5 Å². The van der Waals surface area contributed by atoms with Crippen LogP contribution in [0.2, 0.25) is 10.0 Å². The van der Waals surface area contributed by atoms with Crippen molar-refractivity contribution in [1.29, 1.82) is 0 Å². The van der Waals surface area contributed by atoms with Gasteiger partial charge in [0.25, 0.3) is 0 Å². The van der Waals surface area contributed by atoms with Gasteiger partial charge in [-0.25, -0.2) is 4.79 Å². The summed E-state index contributed by atoms with van der Waals surface area (Å²) in [6.07, 6.45) is 1.62. The van der Waals surface area contributed by atoms with Crippen LogP contribution < -0.4 is 5.32 Å². The van der Waals surface area contributed by atoms with Gasteiger partial charge in [0.2, 0.25) is 11.7 Å². The third-order valence-corrected chi connectivity index (χ3v) is 5.27. The van der Waals surface area contributed by atoms with E-state index in [-0.39, 0.29) is 12.1 Å². The first-order valence-corrected chi connectivity index (χ1v) is 9.70. The quantitative estimate of drug-likeness (QED) is 0.592. The van der Waals surface area contributed by atoms with Gasteiger partial charge >= 0.3 is 6.03 Å². The van der Waals surface area contributed by atoms with E-state index in [2.05, 4.69) is 15.5 Å². The summed E-state index contributed by atoms with van der Waals surface area (Å²) in [6.45, 7) is 2.62. The Morgan fingerprint density at radius 3 is 2.75 bits per heavy atom. The number of nitrogens with zero attached hydrogens (tertiary/aromatic N) is 3. The minimum Gasteiger partial charge on any atom is -0.337 e. The van der Waals surface area contributed by atoms with E-state index in [0.29, 0.717) is 34.0 Å². The molecule has 144 valence electrons. The standard InChI is InChI=1S/C20H18Cl2N4O2/c1-12-4-6-13(7-5-12)18-24-19(28-25-18)17-3-2-10-26(17)20(27)23-16-9-8-14(21)11-15(16)22/h4-9,11,17H,2-3,10H2,1H3,(H,23,27)/t17-/m1/s1. The normalized spacial score (nSPS) is 16.4. The van der Waals surface area contributed by atoms with Crippen molar-refractivity contribution in [2.45, 2.75) is 25.8 Å². The molecule has 0 unspecified atom stereocenters. The summed E-state index contributed by atoms with van der Waals surface area (Å²) in [5.74, 6) is 0.952. The van der Waals surface area contributed by atoms with Crippen LogP contribution in [0, 0.1) is 6.92 Å². The Kier molecular flexibility index (Phi) is 5.24. The first-order valence-electron chi connectivity index (χ1n) is 8.94. The molecule has 0 saturated carbocycles. The maximum absolute atomic E-state index is 12.8. The van der Waals surface area contributed by atoms with E-state index in [1.165, 1.54) is 0 Å². The van der Waals surface area contributed by atoms with E-state index in [4.69, 9.17) is 27.7 Å². The molecule has 0 aliphatic carbocycles. The summed E-state index contributed by atoms with van der Waals surface area (Å²) in [6, 6.07) is 12.3. The van der Waals surface area contributed by atoms with Crippen LogP contribution in [0.3, 0.4) is 0 Å². The molecule has 2 amide bonds. The zero-order chi connectivity index (χ0) is 19.7. The van der Waals surface area contributed by atoms with Crippen molar-refractivity contribution in [3.05, 3.63) is 64.0 Å². The molecule has 0 radical (unpaired) electrons. The number of urea groups is 1. The molecule has 3 aromatic rings. The largest absolute Gasteiger partial charge is 0.337 e. The monoisotopic (exact) mass is 416 g/mol. The molecule has 1 fully saturated rings. The highest BCUT2D eigenvalue weighted by molar-refractivity contribution is 6.36. The Morgan fingerprint density at radius 2 is 2.00 bits per heavy atom. The van der Waals surface area contributed by atoms with E-state index < -0.39 is 0 Å². The second kappa shape index (κ2) is 7.81. The number of nitrogens with one attached hydrogen (secondary N) is 1. The fourth-order valence-electron chi connectivity index (χ4n) is 3.23. The van der Waals surface area contributed by atoms with Crippen LogP contribution in [0.5, 0.6) is 0 Å². The van der Waals surface area contributed by atoms with Gasteiger partial charge in [-0.15, -0.1) is 0 Å². The third kappa shape index (κ3) is 3.84. The van der Waals surface area contributed by atoms with Gasteiger partial charge in [-0.3, -0.25) is 0 Å². The van der Waals surface area contributed by atoms with Crippen molar-refractivity contribution in [3.63, 3.8) is 0 Å². The first-order chi connectivity index (χ1) is 13.5. The number of hydrogen-bond acceptors (Lipinski definition) is 4. The van der Waals surface area contributed by atoms with Gasteiger partial charge in [-0.1, -0.05) is 58.2 Å². The third-order valence-electron chi connectivity index (χ3n) is 4.72. The van der Waals surface area contributed by atoms with E-state index >= 15 is 0 Å². The van der Waals surface area contributed by atoms with Crippen LogP contribution >= 0.6 is 23.2 Å². The summed E-state index contributed by atoms with van der Waals surface area (Å²) in [5, 5.41) is 7.81. The van der Waals surface area contributed by atoms with Crippen molar-refractivity contribution in [3.8, 4) is 11.4 Å². The molecule has 1 aromatic heterocycles. The molecule has 1 saturated heterocycles. The van der Waals surface area contributed by atoms with Gasteiger partial charge in [0, 0.05) is 17.1 Å². The van der Waals surface area contributed by atoms with Gasteiger partial charge in [-0.05, 0) is 38.0 Å². The first kappa shape index (κ1) is 18.8. The maximum atomic E-state index is 12.8. The molecule has 0 spiro atoms. The summed E-state index contributed by atoms with van der Waals surface area (Å²) < 4.78 is 5.48. The number of amides is 2. The van der Waals surface area contributed by atoms with Crippen LogP contribution in [-0.2, 0) is 0 Å². The van der Waals surface area contributed by atoms with Gasteiger partial charge in [-0.2, -0.15) is 4.98 Å². The number of rotatable bonds is 3. The van der Waals surface area contributed by atoms with E-state index in [9.17, 15) is 4.79 Å². The molecule has 8 heteroatoms. The molecule has 1 aliphatic rings. The molecule has 2 aromatic carbocycles. The summed E-state index contributed by atoms with van der Waals surface area (Å²) in [4.78, 5) is 19.0. The Morgan fingerprint density at radius 1 is 1.21 bits per heavy atom. The Hall–Kier alpha value is -2.57. The van der Waals surface area contributed by atoms with Crippen LogP contribution in [0.15, 0.2) is 47.0 Å². The van der Waals surface area contributed by atoms with Crippen LogP contribution in [0.25, 0.3) is 11.4 Å². The summed E-state index contributed by atoms with van der Waals surface area (Å²) in [7, 11) is 0. The van der Waals surface area contributed by atoms with Gasteiger partial charge in [0.05, 0.1) is 10.7 Å². The van der Waals surface area contributed by atoms with Crippen LogP contribution in [-0.4, -0.2) is 27.6 Å². The predicted octanol–water partition coefficient (Wildman–Crippen LogP) is 5.72. The minimum atomic E-state index is -0.266. The number of benzene rings is 2. The molecule has 4 rings (SSSR count). The zero-order valence-corrected chi connectivity index (χ0v) is 16.7. The van der Waals surface area contributed by atoms with E-state index in [1.54, 1.807) is 23.1 Å². The fourth-order valence-corrected chi connectivity index (χ4v) is 3.69. The summed E-state index contributed by atoms with van der Waals surface area (Å²) >= 11 is 12.1. The molecule has 1 aliphatic heterocycles. The molecule has 28 heavy (non-hydrogen) atoms. The average Bonchev–Trinajstić information content (AvgIpc) is 3.33. The second-order valence-electron chi connectivity index (χ2n) is 6.73. The molecular weight excluding hydrogens is 399 g/mol. The highest BCUT2D eigenvalue weighted by Crippen LogP contribution is 2.33. The van der Waals surface area contributed by atoms with E-state index in [1.807, 2.05) is 31.2 Å². The van der Waals surface area contributed by atoms with Gasteiger partial charge < -0.3 is 14.7 Å². The second-order valence-corrected chi connectivity index (χ2v) is 7.57. The lowest BCUT2D eigenvalue weighted by Gasteiger charge is -2.22. The number of hydrogen-bond donors (Lipinski definition) is 1. The van der Waals surface area contributed by atoms with Crippen molar-refractivity contribution in [2.75, 3.05) is 11.9 Å². The fraction of sp³-hybridized carbons (Fsp3) is 0.250. The predicted molar refractivity (Wildman–Crippen MR) is 109 cm³/mol. The SMILES string of the molecule is Cc1ccc(-c2noc([C@H]3CCCN3C(=O)Nc3ccc(Cl)cc3Cl)n2)cc1. The molecule has 0 bridgehead atoms. The lowest BCUT2D eigenvalue weighted by molar-refractivity contribution is 0.193. The number of halogens is 2. The number of aryl methyl sites for hydroxylation is 1. The summed E-state index contributed by atoms with van der Waals surface area (Å²) in [5.41, 5.74) is 2.54. The zero-order valence-electron chi connectivity index (χ0n) is 15.2. The number of anilines is 1. The van der Waals surface area contributed by atoms with Crippen molar-refractivity contribution < 1.29 is 9.32 Å². The number of carbonyl (C=O) groups excluding carboxylic acids is 1. The molecule has 6 nitrogen and oxygen atoms in total. The smallest absolute Gasteiger partial charge is 0.322 e. The van der Waals surface area contributed by atoms with Gasteiger partial charge in [0.1, 0.15) is 6.04 Å². The highest BCUT2D eigenvalue weighted by Gasteiger charge is 2.34. The highest BCUT2D eigenvalue weighted by atomic mass is 35.5.